The van der Waals surface area contributed by atoms with Crippen LogP contribution in [0.4, 0.5) is 0 Å². The highest BCUT2D eigenvalue weighted by Crippen LogP contribution is 2.14. The molecular formula is C13H21NO3S. The number of sulfonamides is 1. The van der Waals surface area contributed by atoms with Crippen molar-refractivity contribution in [2.75, 3.05) is 12.4 Å². The Morgan fingerprint density at radius 3 is 2.39 bits per heavy atom. The molecule has 0 aliphatic carbocycles. The predicted octanol–water partition coefficient (Wildman–Crippen LogP) is 2.09. The molecule has 0 amide bonds. The van der Waals surface area contributed by atoms with Crippen molar-refractivity contribution in [2.45, 2.75) is 32.6 Å². The lowest BCUT2D eigenvalue weighted by Gasteiger charge is -2.06. The van der Waals surface area contributed by atoms with Gasteiger partial charge in [-0.1, -0.05) is 25.5 Å². The van der Waals surface area contributed by atoms with Crippen molar-refractivity contribution in [2.24, 2.45) is 5.14 Å². The maximum Gasteiger partial charge on any atom is 0.209 e. The maximum atomic E-state index is 10.7. The van der Waals surface area contributed by atoms with E-state index in [0.29, 0.717) is 13.0 Å². The molecule has 1 aromatic rings. The molecule has 0 aliphatic rings. The molecule has 0 radical (unpaired) electrons. The van der Waals surface area contributed by atoms with Gasteiger partial charge in [0.2, 0.25) is 10.0 Å². The second kappa shape index (κ2) is 7.38. The lowest BCUT2D eigenvalue weighted by Crippen LogP contribution is -2.18. The van der Waals surface area contributed by atoms with Gasteiger partial charge in [-0.05, 0) is 37.0 Å². The topological polar surface area (TPSA) is 69.4 Å². The van der Waals surface area contributed by atoms with E-state index in [1.54, 1.807) is 0 Å². The zero-order valence-electron chi connectivity index (χ0n) is 10.8. The van der Waals surface area contributed by atoms with Gasteiger partial charge in [-0.15, -0.1) is 0 Å². The fourth-order valence-electron chi connectivity index (χ4n) is 1.58. The van der Waals surface area contributed by atoms with Gasteiger partial charge < -0.3 is 4.74 Å². The molecule has 0 heterocycles. The van der Waals surface area contributed by atoms with Gasteiger partial charge in [-0.2, -0.15) is 0 Å². The third-order valence-electron chi connectivity index (χ3n) is 2.58. The largest absolute Gasteiger partial charge is 0.494 e. The summed E-state index contributed by atoms with van der Waals surface area (Å²) in [5, 5.41) is 4.90. The summed E-state index contributed by atoms with van der Waals surface area (Å²) in [6, 6.07) is 7.93. The van der Waals surface area contributed by atoms with E-state index in [0.717, 1.165) is 12.2 Å². The minimum atomic E-state index is -3.38. The fraction of sp³-hybridized carbons (Fsp3) is 0.538. The van der Waals surface area contributed by atoms with Crippen molar-refractivity contribution in [3.8, 4) is 5.75 Å². The minimum absolute atomic E-state index is 0.0401. The average Bonchev–Trinajstić information content (AvgIpc) is 2.32. The van der Waals surface area contributed by atoms with E-state index in [2.05, 4.69) is 6.92 Å². The van der Waals surface area contributed by atoms with Crippen LogP contribution in [0.25, 0.3) is 0 Å². The van der Waals surface area contributed by atoms with E-state index in [-0.39, 0.29) is 5.75 Å². The molecule has 2 N–H and O–H groups in total. The van der Waals surface area contributed by atoms with Crippen molar-refractivity contribution < 1.29 is 13.2 Å². The molecule has 0 aliphatic heterocycles. The van der Waals surface area contributed by atoms with Crippen LogP contribution in [0.3, 0.4) is 0 Å². The summed E-state index contributed by atoms with van der Waals surface area (Å²) in [6.45, 7) is 2.54. The summed E-state index contributed by atoms with van der Waals surface area (Å²) < 4.78 is 26.9. The van der Waals surface area contributed by atoms with Crippen LogP contribution in [0.15, 0.2) is 24.3 Å². The monoisotopic (exact) mass is 271 g/mol. The van der Waals surface area contributed by atoms with E-state index in [1.807, 2.05) is 24.3 Å². The molecule has 0 aromatic heterocycles. The molecule has 0 saturated carbocycles. The van der Waals surface area contributed by atoms with E-state index < -0.39 is 10.0 Å². The molecule has 0 unspecified atom stereocenters. The van der Waals surface area contributed by atoms with Crippen molar-refractivity contribution in [3.05, 3.63) is 29.8 Å². The van der Waals surface area contributed by atoms with Gasteiger partial charge in [0.1, 0.15) is 5.75 Å². The van der Waals surface area contributed by atoms with Crippen molar-refractivity contribution >= 4 is 10.0 Å². The van der Waals surface area contributed by atoms with Crippen LogP contribution < -0.4 is 9.88 Å². The van der Waals surface area contributed by atoms with Gasteiger partial charge in [0, 0.05) is 0 Å². The van der Waals surface area contributed by atoms with Crippen molar-refractivity contribution in [3.63, 3.8) is 0 Å². The van der Waals surface area contributed by atoms with E-state index in [9.17, 15) is 8.42 Å². The smallest absolute Gasteiger partial charge is 0.209 e. The zero-order valence-corrected chi connectivity index (χ0v) is 11.6. The molecule has 0 spiro atoms. The van der Waals surface area contributed by atoms with Gasteiger partial charge in [-0.3, -0.25) is 0 Å². The number of benzene rings is 1. The Labute approximate surface area is 109 Å². The van der Waals surface area contributed by atoms with Crippen LogP contribution in [0.2, 0.25) is 0 Å². The number of aryl methyl sites for hydroxylation is 1. The number of rotatable bonds is 8. The first-order chi connectivity index (χ1) is 8.51. The third-order valence-corrected chi connectivity index (χ3v) is 3.44. The summed E-state index contributed by atoms with van der Waals surface area (Å²) in [4.78, 5) is 0. The fourth-order valence-corrected chi connectivity index (χ4v) is 2.10. The summed E-state index contributed by atoms with van der Waals surface area (Å²) in [5.74, 6) is 0.728. The van der Waals surface area contributed by atoms with Gasteiger partial charge in [-0.25, -0.2) is 13.6 Å². The number of hydrogen-bond donors (Lipinski definition) is 1. The van der Waals surface area contributed by atoms with Crippen LogP contribution in [-0.2, 0) is 16.4 Å². The Balaban J connectivity index is 2.31. The first-order valence-electron chi connectivity index (χ1n) is 6.23. The molecule has 0 fully saturated rings. The summed E-state index contributed by atoms with van der Waals surface area (Å²) >= 11 is 0. The maximum absolute atomic E-state index is 10.7. The molecule has 5 heteroatoms. The molecule has 0 atom stereocenters. The van der Waals surface area contributed by atoms with Gasteiger partial charge >= 0.3 is 0 Å². The summed E-state index contributed by atoms with van der Waals surface area (Å²) in [7, 11) is -3.38. The van der Waals surface area contributed by atoms with Crippen LogP contribution >= 0.6 is 0 Å². The Morgan fingerprint density at radius 1 is 1.17 bits per heavy atom. The zero-order chi connectivity index (χ0) is 13.4. The highest BCUT2D eigenvalue weighted by Gasteiger charge is 2.02. The Bertz CT molecular complexity index is 440. The standard InChI is InChI=1S/C13H21NO3S/c1-2-3-5-12-6-8-13(9-7-12)17-10-4-11-18(14,15)16/h6-9H,2-5,10-11H2,1H3,(H2,14,15,16). The highest BCUT2D eigenvalue weighted by atomic mass is 32.2. The Hall–Kier alpha value is -1.07. The van der Waals surface area contributed by atoms with Gasteiger partial charge in [0.25, 0.3) is 0 Å². The van der Waals surface area contributed by atoms with Crippen molar-refractivity contribution in [1.29, 1.82) is 0 Å². The molecule has 102 valence electrons. The molecule has 1 rings (SSSR count). The van der Waals surface area contributed by atoms with E-state index in [1.165, 1.54) is 18.4 Å². The quantitative estimate of drug-likeness (QED) is 0.736. The second-order valence-electron chi connectivity index (χ2n) is 4.32. The minimum Gasteiger partial charge on any atom is -0.494 e. The molecule has 0 saturated heterocycles. The molecule has 1 aromatic carbocycles. The Kier molecular flexibility index (Phi) is 6.15. The molecular weight excluding hydrogens is 250 g/mol. The average molecular weight is 271 g/mol. The lowest BCUT2D eigenvalue weighted by atomic mass is 10.1. The number of nitrogens with two attached hydrogens (primary N) is 1. The molecule has 0 bridgehead atoms. The first-order valence-corrected chi connectivity index (χ1v) is 7.95. The molecule has 4 nitrogen and oxygen atoms in total. The number of primary sulfonamides is 1. The van der Waals surface area contributed by atoms with E-state index >= 15 is 0 Å². The number of unbranched alkanes of at least 4 members (excludes halogenated alkanes) is 1. The van der Waals surface area contributed by atoms with Crippen LogP contribution in [0, 0.1) is 0 Å². The summed E-state index contributed by atoms with van der Waals surface area (Å²) in [5.41, 5.74) is 1.30. The number of hydrogen-bond acceptors (Lipinski definition) is 3. The SMILES string of the molecule is CCCCc1ccc(OCCCS(N)(=O)=O)cc1. The van der Waals surface area contributed by atoms with Crippen LogP contribution in [0.1, 0.15) is 31.7 Å². The Morgan fingerprint density at radius 2 is 1.83 bits per heavy atom. The predicted molar refractivity (Wildman–Crippen MR) is 73.1 cm³/mol. The number of ether oxygens (including phenoxy) is 1. The second-order valence-corrected chi connectivity index (χ2v) is 6.05. The van der Waals surface area contributed by atoms with Crippen LogP contribution in [0.5, 0.6) is 5.75 Å². The van der Waals surface area contributed by atoms with Crippen LogP contribution in [-0.4, -0.2) is 20.8 Å². The molecule has 18 heavy (non-hydrogen) atoms. The third kappa shape index (κ3) is 6.61. The van der Waals surface area contributed by atoms with Gasteiger partial charge in [0.05, 0.1) is 12.4 Å². The summed E-state index contributed by atoms with van der Waals surface area (Å²) in [6.07, 6.45) is 3.87. The highest BCUT2D eigenvalue weighted by molar-refractivity contribution is 7.89. The first kappa shape index (κ1) is 15.0. The lowest BCUT2D eigenvalue weighted by molar-refractivity contribution is 0.317. The van der Waals surface area contributed by atoms with Crippen molar-refractivity contribution in [1.82, 2.24) is 0 Å². The van der Waals surface area contributed by atoms with E-state index in [4.69, 9.17) is 9.88 Å². The van der Waals surface area contributed by atoms with Gasteiger partial charge in [0.15, 0.2) is 0 Å². The normalized spacial score (nSPS) is 11.4.